The molecule has 1 aromatic carbocycles. The monoisotopic (exact) mass is 278 g/mol. The third kappa shape index (κ3) is 2.73. The minimum Gasteiger partial charge on any atom is -0.326 e. The molecule has 2 heterocycles. The fraction of sp³-hybridized carbons (Fsp3) is 0.0625. The van der Waals surface area contributed by atoms with Crippen LogP contribution in [0.25, 0.3) is 10.9 Å². The third-order valence-electron chi connectivity index (χ3n) is 3.17. The average molecular weight is 278 g/mol. The van der Waals surface area contributed by atoms with Gasteiger partial charge < -0.3 is 11.1 Å². The maximum absolute atomic E-state index is 12.2. The molecule has 0 aliphatic rings. The summed E-state index contributed by atoms with van der Waals surface area (Å²) in [7, 11) is 0. The number of pyridine rings is 2. The summed E-state index contributed by atoms with van der Waals surface area (Å²) < 4.78 is 0. The van der Waals surface area contributed by atoms with E-state index < -0.39 is 0 Å². The van der Waals surface area contributed by atoms with Gasteiger partial charge in [-0.15, -0.1) is 0 Å². The van der Waals surface area contributed by atoms with Gasteiger partial charge in [-0.2, -0.15) is 0 Å². The number of aromatic nitrogens is 2. The summed E-state index contributed by atoms with van der Waals surface area (Å²) >= 11 is 0. The number of hydrogen-bond donors (Lipinski definition) is 2. The second kappa shape index (κ2) is 5.68. The highest BCUT2D eigenvalue weighted by atomic mass is 16.1. The number of nitrogens with two attached hydrogens (primary N) is 1. The van der Waals surface area contributed by atoms with Crippen molar-refractivity contribution in [1.29, 1.82) is 0 Å². The van der Waals surface area contributed by atoms with Crippen LogP contribution in [-0.2, 0) is 6.54 Å². The Balaban J connectivity index is 1.89. The van der Waals surface area contributed by atoms with Crippen LogP contribution >= 0.6 is 0 Å². The molecule has 0 unspecified atom stereocenters. The van der Waals surface area contributed by atoms with E-state index in [2.05, 4.69) is 15.3 Å². The third-order valence-corrected chi connectivity index (χ3v) is 3.17. The van der Waals surface area contributed by atoms with Gasteiger partial charge in [0.1, 0.15) is 5.69 Å². The van der Waals surface area contributed by atoms with E-state index >= 15 is 0 Å². The summed E-state index contributed by atoms with van der Waals surface area (Å²) in [5, 5.41) is 3.82. The first-order valence-corrected chi connectivity index (χ1v) is 6.58. The van der Waals surface area contributed by atoms with Gasteiger partial charge in [0.05, 0.1) is 11.2 Å². The van der Waals surface area contributed by atoms with Gasteiger partial charge in [-0.1, -0.05) is 24.3 Å². The van der Waals surface area contributed by atoms with E-state index in [0.717, 1.165) is 16.5 Å². The number of anilines is 1. The predicted octanol–water partition coefficient (Wildman–Crippen LogP) is 2.34. The van der Waals surface area contributed by atoms with E-state index in [0.29, 0.717) is 17.9 Å². The van der Waals surface area contributed by atoms with Crippen LogP contribution in [0.2, 0.25) is 0 Å². The summed E-state index contributed by atoms with van der Waals surface area (Å²) in [6, 6.07) is 12.9. The first kappa shape index (κ1) is 13.2. The molecule has 0 bridgehead atoms. The van der Waals surface area contributed by atoms with Crippen LogP contribution < -0.4 is 11.1 Å². The van der Waals surface area contributed by atoms with Gasteiger partial charge in [-0.25, -0.2) is 0 Å². The highest BCUT2D eigenvalue weighted by Crippen LogP contribution is 2.21. The second-order valence-corrected chi connectivity index (χ2v) is 4.59. The standard InChI is InChI=1S/C16H14N4O/c17-9-11-6-7-14(19-10-11)16(21)20-13-5-1-3-12-4-2-8-18-15(12)13/h1-8,10H,9,17H2,(H,20,21). The van der Waals surface area contributed by atoms with E-state index in [1.54, 1.807) is 24.5 Å². The Morgan fingerprint density at radius 1 is 1.10 bits per heavy atom. The zero-order valence-electron chi connectivity index (χ0n) is 11.3. The van der Waals surface area contributed by atoms with Crippen LogP contribution in [0.3, 0.4) is 0 Å². The largest absolute Gasteiger partial charge is 0.326 e. The Bertz CT molecular complexity index is 778. The molecular weight excluding hydrogens is 264 g/mol. The molecule has 21 heavy (non-hydrogen) atoms. The van der Waals surface area contributed by atoms with Crippen molar-refractivity contribution in [2.45, 2.75) is 6.54 Å². The van der Waals surface area contributed by atoms with E-state index in [-0.39, 0.29) is 5.91 Å². The first-order chi connectivity index (χ1) is 10.3. The summed E-state index contributed by atoms with van der Waals surface area (Å²) in [4.78, 5) is 20.6. The molecule has 3 rings (SSSR count). The van der Waals surface area contributed by atoms with Crippen molar-refractivity contribution >= 4 is 22.5 Å². The highest BCUT2D eigenvalue weighted by Gasteiger charge is 2.10. The van der Waals surface area contributed by atoms with E-state index in [9.17, 15) is 4.79 Å². The van der Waals surface area contributed by atoms with E-state index in [1.807, 2.05) is 30.3 Å². The zero-order valence-corrected chi connectivity index (χ0v) is 11.3. The lowest BCUT2D eigenvalue weighted by Gasteiger charge is -2.07. The van der Waals surface area contributed by atoms with Crippen molar-refractivity contribution < 1.29 is 4.79 Å². The van der Waals surface area contributed by atoms with Gasteiger partial charge >= 0.3 is 0 Å². The maximum Gasteiger partial charge on any atom is 0.274 e. The number of fused-ring (bicyclic) bond motifs is 1. The average Bonchev–Trinajstić information content (AvgIpc) is 2.55. The molecule has 3 N–H and O–H groups in total. The van der Waals surface area contributed by atoms with Gasteiger partial charge in [-0.05, 0) is 23.8 Å². The molecule has 0 saturated carbocycles. The van der Waals surface area contributed by atoms with Crippen molar-refractivity contribution in [3.63, 3.8) is 0 Å². The minimum absolute atomic E-state index is 0.267. The lowest BCUT2D eigenvalue weighted by Crippen LogP contribution is -2.14. The Hall–Kier alpha value is -2.79. The molecule has 0 spiro atoms. The van der Waals surface area contributed by atoms with E-state index in [4.69, 9.17) is 5.73 Å². The van der Waals surface area contributed by atoms with Crippen molar-refractivity contribution in [3.8, 4) is 0 Å². The lowest BCUT2D eigenvalue weighted by molar-refractivity contribution is 0.102. The molecule has 3 aromatic rings. The van der Waals surface area contributed by atoms with Gasteiger partial charge in [0.25, 0.3) is 5.91 Å². The molecule has 0 saturated heterocycles. The van der Waals surface area contributed by atoms with Gasteiger partial charge in [0, 0.05) is 24.3 Å². The molecule has 104 valence electrons. The fourth-order valence-corrected chi connectivity index (χ4v) is 2.07. The molecule has 5 heteroatoms. The quantitative estimate of drug-likeness (QED) is 0.770. The Kier molecular flexibility index (Phi) is 3.57. The van der Waals surface area contributed by atoms with Crippen molar-refractivity contribution in [2.24, 2.45) is 5.73 Å². The smallest absolute Gasteiger partial charge is 0.274 e. The second-order valence-electron chi connectivity index (χ2n) is 4.59. The molecule has 2 aromatic heterocycles. The number of rotatable bonds is 3. The van der Waals surface area contributed by atoms with E-state index in [1.165, 1.54) is 0 Å². The summed E-state index contributed by atoms with van der Waals surface area (Å²) in [5.74, 6) is -0.267. The normalized spacial score (nSPS) is 10.5. The molecular formula is C16H14N4O. The van der Waals surface area contributed by atoms with Gasteiger partial charge in [0.2, 0.25) is 0 Å². The molecule has 5 nitrogen and oxygen atoms in total. The maximum atomic E-state index is 12.2. The van der Waals surface area contributed by atoms with Gasteiger partial charge in [0.15, 0.2) is 0 Å². The molecule has 0 radical (unpaired) electrons. The molecule has 0 aliphatic heterocycles. The summed E-state index contributed by atoms with van der Waals surface area (Å²) in [6.45, 7) is 0.405. The van der Waals surface area contributed by atoms with Gasteiger partial charge in [-0.3, -0.25) is 14.8 Å². The van der Waals surface area contributed by atoms with Crippen molar-refractivity contribution in [3.05, 3.63) is 66.1 Å². The Labute approximate surface area is 121 Å². The van der Waals surface area contributed by atoms with Crippen molar-refractivity contribution in [2.75, 3.05) is 5.32 Å². The zero-order chi connectivity index (χ0) is 14.7. The van der Waals surface area contributed by atoms with Crippen LogP contribution in [0.15, 0.2) is 54.9 Å². The van der Waals surface area contributed by atoms with Crippen LogP contribution in [0, 0.1) is 0 Å². The fourth-order valence-electron chi connectivity index (χ4n) is 2.07. The lowest BCUT2D eigenvalue weighted by atomic mass is 10.2. The highest BCUT2D eigenvalue weighted by molar-refractivity contribution is 6.07. The minimum atomic E-state index is -0.267. The number of hydrogen-bond acceptors (Lipinski definition) is 4. The number of benzene rings is 1. The molecule has 0 atom stereocenters. The molecule has 1 amide bonds. The van der Waals surface area contributed by atoms with Crippen LogP contribution in [0.5, 0.6) is 0 Å². The number of carbonyl (C=O) groups is 1. The van der Waals surface area contributed by atoms with Crippen molar-refractivity contribution in [1.82, 2.24) is 9.97 Å². The molecule has 0 fully saturated rings. The topological polar surface area (TPSA) is 80.9 Å². The molecule has 0 aliphatic carbocycles. The summed E-state index contributed by atoms with van der Waals surface area (Å²) in [5.41, 5.74) is 8.17. The Morgan fingerprint density at radius 2 is 1.95 bits per heavy atom. The summed E-state index contributed by atoms with van der Waals surface area (Å²) in [6.07, 6.45) is 3.31. The number of para-hydroxylation sites is 1. The number of nitrogens with one attached hydrogen (secondary N) is 1. The predicted molar refractivity (Wildman–Crippen MR) is 81.8 cm³/mol. The SMILES string of the molecule is NCc1ccc(C(=O)Nc2cccc3cccnc23)nc1. The first-order valence-electron chi connectivity index (χ1n) is 6.58. The van der Waals surface area contributed by atoms with Crippen LogP contribution in [0.1, 0.15) is 16.1 Å². The Morgan fingerprint density at radius 3 is 2.71 bits per heavy atom. The number of carbonyl (C=O) groups excluding carboxylic acids is 1. The van der Waals surface area contributed by atoms with Crippen LogP contribution in [0.4, 0.5) is 5.69 Å². The number of amides is 1. The number of nitrogens with zero attached hydrogens (tertiary/aromatic N) is 2. The van der Waals surface area contributed by atoms with Crippen LogP contribution in [-0.4, -0.2) is 15.9 Å².